The van der Waals surface area contributed by atoms with Crippen LogP contribution in [0.3, 0.4) is 0 Å². The van der Waals surface area contributed by atoms with Crippen molar-refractivity contribution in [1.82, 2.24) is 4.90 Å². The van der Waals surface area contributed by atoms with E-state index in [1.807, 2.05) is 12.1 Å². The van der Waals surface area contributed by atoms with Crippen molar-refractivity contribution in [2.45, 2.75) is 0 Å². The number of ether oxygens (including phenoxy) is 2. The van der Waals surface area contributed by atoms with Gasteiger partial charge in [0, 0.05) is 26.2 Å². The lowest BCUT2D eigenvalue weighted by molar-refractivity contribution is 0.171. The molecule has 0 N–H and O–H groups in total. The van der Waals surface area contributed by atoms with Crippen molar-refractivity contribution < 1.29 is 9.47 Å². The van der Waals surface area contributed by atoms with Crippen LogP contribution < -0.4 is 14.4 Å². The summed E-state index contributed by atoms with van der Waals surface area (Å²) in [5.41, 5.74) is 1.11. The number of hydrogen-bond donors (Lipinski definition) is 0. The Morgan fingerprint density at radius 2 is 1.89 bits per heavy atom. The maximum absolute atomic E-state index is 8.72. The third-order valence-electron chi connectivity index (χ3n) is 3.55. The molecule has 0 saturated carbocycles. The summed E-state index contributed by atoms with van der Waals surface area (Å²) in [4.78, 5) is 4.48. The molecule has 1 aromatic rings. The molecule has 0 unspecified atom stereocenters. The van der Waals surface area contributed by atoms with Crippen molar-refractivity contribution in [2.75, 3.05) is 50.8 Å². The van der Waals surface area contributed by atoms with Gasteiger partial charge in [-0.3, -0.25) is 4.90 Å². The fraction of sp³-hybridized carbons (Fsp3) is 0.500. The van der Waals surface area contributed by atoms with Crippen LogP contribution >= 0.6 is 0 Å². The minimum absolute atomic E-state index is 0.514. The van der Waals surface area contributed by atoms with E-state index in [9.17, 15) is 0 Å². The summed E-state index contributed by atoms with van der Waals surface area (Å²) >= 11 is 0. The number of para-hydroxylation sites is 1. The van der Waals surface area contributed by atoms with E-state index in [1.54, 1.807) is 0 Å². The molecular weight excluding hydrogens is 242 g/mol. The molecule has 0 amide bonds. The van der Waals surface area contributed by atoms with Crippen molar-refractivity contribution in [1.29, 1.82) is 5.26 Å². The normalized spacial score (nSPS) is 19.0. The molecule has 0 spiro atoms. The molecular formula is C14H17N3O2. The Morgan fingerprint density at radius 3 is 2.68 bits per heavy atom. The summed E-state index contributed by atoms with van der Waals surface area (Å²) in [6, 6.07) is 8.23. The molecule has 0 bridgehead atoms. The van der Waals surface area contributed by atoms with E-state index in [2.05, 4.69) is 21.9 Å². The van der Waals surface area contributed by atoms with Gasteiger partial charge in [-0.25, -0.2) is 0 Å². The number of anilines is 1. The predicted octanol–water partition coefficient (Wildman–Crippen LogP) is 1.10. The van der Waals surface area contributed by atoms with E-state index in [4.69, 9.17) is 14.7 Å². The third-order valence-corrected chi connectivity index (χ3v) is 3.55. The second-order valence-corrected chi connectivity index (χ2v) is 4.72. The Hall–Kier alpha value is -1.93. The van der Waals surface area contributed by atoms with E-state index >= 15 is 0 Å². The van der Waals surface area contributed by atoms with Crippen molar-refractivity contribution in [3.05, 3.63) is 18.2 Å². The van der Waals surface area contributed by atoms with Crippen LogP contribution in [-0.4, -0.2) is 50.8 Å². The Balaban J connectivity index is 1.75. The first-order chi connectivity index (χ1) is 9.38. The van der Waals surface area contributed by atoms with Gasteiger partial charge in [0.2, 0.25) is 0 Å². The van der Waals surface area contributed by atoms with E-state index in [0.29, 0.717) is 19.8 Å². The molecule has 2 aliphatic rings. The number of nitrogens with zero attached hydrogens (tertiary/aromatic N) is 3. The van der Waals surface area contributed by atoms with E-state index in [1.165, 1.54) is 0 Å². The zero-order valence-electron chi connectivity index (χ0n) is 10.8. The molecule has 0 atom stereocenters. The molecule has 5 heteroatoms. The lowest BCUT2D eigenvalue weighted by Crippen LogP contribution is -2.46. The van der Waals surface area contributed by atoms with Gasteiger partial charge >= 0.3 is 0 Å². The first kappa shape index (κ1) is 12.1. The Bertz CT molecular complexity index is 490. The second kappa shape index (κ2) is 5.37. The van der Waals surface area contributed by atoms with Crippen LogP contribution in [0.4, 0.5) is 5.69 Å². The molecule has 0 aromatic heterocycles. The fourth-order valence-corrected chi connectivity index (χ4v) is 2.55. The van der Waals surface area contributed by atoms with Crippen LogP contribution in [0.15, 0.2) is 18.2 Å². The van der Waals surface area contributed by atoms with Crippen molar-refractivity contribution in [3.63, 3.8) is 0 Å². The van der Waals surface area contributed by atoms with Crippen LogP contribution in [0.5, 0.6) is 11.5 Å². The number of benzene rings is 1. The molecule has 5 nitrogen and oxygen atoms in total. The predicted molar refractivity (Wildman–Crippen MR) is 71.7 cm³/mol. The van der Waals surface area contributed by atoms with Gasteiger partial charge in [-0.1, -0.05) is 6.07 Å². The number of rotatable bonds is 2. The summed E-state index contributed by atoms with van der Waals surface area (Å²) in [5, 5.41) is 8.72. The molecule has 1 saturated heterocycles. The first-order valence-corrected chi connectivity index (χ1v) is 6.61. The van der Waals surface area contributed by atoms with E-state index in [-0.39, 0.29) is 0 Å². The molecule has 19 heavy (non-hydrogen) atoms. The topological polar surface area (TPSA) is 48.7 Å². The summed E-state index contributed by atoms with van der Waals surface area (Å²) in [6.07, 6.45) is 0. The highest BCUT2D eigenvalue weighted by Gasteiger charge is 2.23. The lowest BCUT2D eigenvalue weighted by Gasteiger charge is -2.36. The highest BCUT2D eigenvalue weighted by Crippen LogP contribution is 2.39. The standard InChI is InChI=1S/C14H17N3O2/c15-4-5-16-6-8-17(9-7-16)12-2-1-3-13-14(12)19-11-10-18-13/h1-3H,5-11H2. The highest BCUT2D eigenvalue weighted by atomic mass is 16.6. The van der Waals surface area contributed by atoms with Gasteiger partial charge in [-0.15, -0.1) is 0 Å². The number of piperazine rings is 1. The van der Waals surface area contributed by atoms with Crippen LogP contribution in [0.1, 0.15) is 0 Å². The van der Waals surface area contributed by atoms with Crippen molar-refractivity contribution in [3.8, 4) is 17.6 Å². The SMILES string of the molecule is N#CCN1CCN(c2cccc3c2OCCO3)CC1. The van der Waals surface area contributed by atoms with Gasteiger partial charge < -0.3 is 14.4 Å². The average Bonchev–Trinajstić information content (AvgIpc) is 2.48. The van der Waals surface area contributed by atoms with Crippen LogP contribution in [0.25, 0.3) is 0 Å². The van der Waals surface area contributed by atoms with Crippen molar-refractivity contribution in [2.24, 2.45) is 0 Å². The zero-order chi connectivity index (χ0) is 13.1. The highest BCUT2D eigenvalue weighted by molar-refractivity contribution is 5.65. The molecule has 2 aliphatic heterocycles. The van der Waals surface area contributed by atoms with Gasteiger partial charge in [0.05, 0.1) is 18.3 Å². The van der Waals surface area contributed by atoms with Gasteiger partial charge in [0.1, 0.15) is 13.2 Å². The zero-order valence-corrected chi connectivity index (χ0v) is 10.8. The molecule has 3 rings (SSSR count). The molecule has 0 aliphatic carbocycles. The number of fused-ring (bicyclic) bond motifs is 1. The van der Waals surface area contributed by atoms with Gasteiger partial charge in [0.25, 0.3) is 0 Å². The van der Waals surface area contributed by atoms with Crippen LogP contribution in [-0.2, 0) is 0 Å². The Kier molecular flexibility index (Phi) is 3.43. The lowest BCUT2D eigenvalue weighted by atomic mass is 10.2. The van der Waals surface area contributed by atoms with Crippen LogP contribution in [0.2, 0.25) is 0 Å². The van der Waals surface area contributed by atoms with Crippen LogP contribution in [0, 0.1) is 11.3 Å². The minimum Gasteiger partial charge on any atom is -0.486 e. The third kappa shape index (κ3) is 2.45. The summed E-state index contributed by atoms with van der Waals surface area (Å²) in [6.45, 7) is 5.41. The smallest absolute Gasteiger partial charge is 0.184 e. The summed E-state index contributed by atoms with van der Waals surface area (Å²) in [5.74, 6) is 1.70. The Morgan fingerprint density at radius 1 is 1.11 bits per heavy atom. The molecule has 100 valence electrons. The van der Waals surface area contributed by atoms with E-state index in [0.717, 1.165) is 43.4 Å². The number of nitriles is 1. The fourth-order valence-electron chi connectivity index (χ4n) is 2.55. The second-order valence-electron chi connectivity index (χ2n) is 4.72. The van der Waals surface area contributed by atoms with Gasteiger partial charge in [-0.05, 0) is 12.1 Å². The molecule has 1 aromatic carbocycles. The minimum atomic E-state index is 0.514. The van der Waals surface area contributed by atoms with Crippen molar-refractivity contribution >= 4 is 5.69 Å². The number of hydrogen-bond acceptors (Lipinski definition) is 5. The molecule has 1 fully saturated rings. The van der Waals surface area contributed by atoms with E-state index < -0.39 is 0 Å². The maximum atomic E-state index is 8.72. The van der Waals surface area contributed by atoms with Gasteiger partial charge in [-0.2, -0.15) is 5.26 Å². The Labute approximate surface area is 112 Å². The quantitative estimate of drug-likeness (QED) is 0.744. The summed E-state index contributed by atoms with van der Waals surface area (Å²) < 4.78 is 11.4. The largest absolute Gasteiger partial charge is 0.486 e. The molecule has 0 radical (unpaired) electrons. The first-order valence-electron chi connectivity index (χ1n) is 6.61. The average molecular weight is 259 g/mol. The maximum Gasteiger partial charge on any atom is 0.184 e. The molecule has 2 heterocycles. The summed E-state index contributed by atoms with van der Waals surface area (Å²) in [7, 11) is 0. The van der Waals surface area contributed by atoms with Gasteiger partial charge in [0.15, 0.2) is 11.5 Å². The monoisotopic (exact) mass is 259 g/mol.